The van der Waals surface area contributed by atoms with Gasteiger partial charge in [0.25, 0.3) is 0 Å². The fraction of sp³-hybridized carbons (Fsp3) is 0.333. The number of amides is 2. The average molecular weight is 326 g/mol. The first-order chi connectivity index (χ1) is 11.7. The predicted molar refractivity (Wildman–Crippen MR) is 92.7 cm³/mol. The maximum atomic E-state index is 12.2. The van der Waals surface area contributed by atoms with Crippen LogP contribution in [0.5, 0.6) is 0 Å². The van der Waals surface area contributed by atoms with Crippen LogP contribution in [0.25, 0.3) is 0 Å². The van der Waals surface area contributed by atoms with Crippen LogP contribution in [0, 0.1) is 0 Å². The lowest BCUT2D eigenvalue weighted by Crippen LogP contribution is -2.50. The van der Waals surface area contributed by atoms with Crippen molar-refractivity contribution >= 4 is 11.8 Å². The Kier molecular flexibility index (Phi) is 5.40. The summed E-state index contributed by atoms with van der Waals surface area (Å²) in [7, 11) is 0. The van der Waals surface area contributed by atoms with Crippen molar-refractivity contribution in [3.63, 3.8) is 0 Å². The molecule has 24 heavy (non-hydrogen) atoms. The standard InChI is InChI=1S/C18H22N4O2/c23-16(15-6-2-1-3-7-15)14-21-10-12-22(13-11-21)18(24)20-17-8-4-5-9-19-17/h1-9,16,23H,10-14H2,(H,19,20,24). The molecular formula is C18H22N4O2. The molecule has 1 aliphatic rings. The molecule has 0 aliphatic carbocycles. The summed E-state index contributed by atoms with van der Waals surface area (Å²) in [5.41, 5.74) is 0.924. The number of nitrogens with one attached hydrogen (secondary N) is 1. The van der Waals surface area contributed by atoms with Gasteiger partial charge in [-0.2, -0.15) is 0 Å². The Bertz CT molecular complexity index is 643. The Hall–Kier alpha value is -2.44. The third-order valence-corrected chi connectivity index (χ3v) is 4.17. The largest absolute Gasteiger partial charge is 0.387 e. The van der Waals surface area contributed by atoms with Crippen molar-refractivity contribution in [3.05, 3.63) is 60.3 Å². The van der Waals surface area contributed by atoms with E-state index in [0.29, 0.717) is 25.5 Å². The van der Waals surface area contributed by atoms with Gasteiger partial charge in [-0.25, -0.2) is 9.78 Å². The molecule has 1 atom stereocenters. The predicted octanol–water partition coefficient (Wildman–Crippen LogP) is 1.96. The van der Waals surface area contributed by atoms with E-state index in [0.717, 1.165) is 18.7 Å². The number of carbonyl (C=O) groups is 1. The first kappa shape index (κ1) is 16.4. The molecule has 0 saturated carbocycles. The van der Waals surface area contributed by atoms with Crippen LogP contribution in [0.4, 0.5) is 10.6 Å². The molecule has 6 nitrogen and oxygen atoms in total. The number of pyridine rings is 1. The fourth-order valence-electron chi connectivity index (χ4n) is 2.78. The molecule has 1 aliphatic heterocycles. The SMILES string of the molecule is O=C(Nc1ccccn1)N1CCN(CC(O)c2ccccc2)CC1. The quantitative estimate of drug-likeness (QED) is 0.901. The molecule has 0 radical (unpaired) electrons. The zero-order valence-electron chi connectivity index (χ0n) is 13.5. The number of hydrogen-bond donors (Lipinski definition) is 2. The fourth-order valence-corrected chi connectivity index (χ4v) is 2.78. The van der Waals surface area contributed by atoms with Crippen LogP contribution >= 0.6 is 0 Å². The van der Waals surface area contributed by atoms with Crippen molar-refractivity contribution in [3.8, 4) is 0 Å². The Morgan fingerprint density at radius 1 is 1.08 bits per heavy atom. The van der Waals surface area contributed by atoms with E-state index >= 15 is 0 Å². The Morgan fingerprint density at radius 2 is 1.79 bits per heavy atom. The van der Waals surface area contributed by atoms with E-state index in [4.69, 9.17) is 0 Å². The maximum Gasteiger partial charge on any atom is 0.323 e. The minimum absolute atomic E-state index is 0.128. The zero-order chi connectivity index (χ0) is 16.8. The number of benzene rings is 1. The summed E-state index contributed by atoms with van der Waals surface area (Å²) in [6.45, 7) is 3.36. The number of urea groups is 1. The second-order valence-corrected chi connectivity index (χ2v) is 5.86. The number of aromatic nitrogens is 1. The van der Waals surface area contributed by atoms with E-state index in [1.54, 1.807) is 17.2 Å². The van der Waals surface area contributed by atoms with Gasteiger partial charge in [-0.05, 0) is 17.7 Å². The van der Waals surface area contributed by atoms with Crippen LogP contribution < -0.4 is 5.32 Å². The highest BCUT2D eigenvalue weighted by Crippen LogP contribution is 2.15. The maximum absolute atomic E-state index is 12.2. The number of rotatable bonds is 4. The minimum atomic E-state index is -0.500. The average Bonchev–Trinajstić information content (AvgIpc) is 2.64. The van der Waals surface area contributed by atoms with Crippen LogP contribution in [-0.2, 0) is 0 Å². The Balaban J connectivity index is 1.46. The van der Waals surface area contributed by atoms with Gasteiger partial charge >= 0.3 is 6.03 Å². The summed E-state index contributed by atoms with van der Waals surface area (Å²) in [5.74, 6) is 0.560. The molecule has 3 rings (SSSR count). The van der Waals surface area contributed by atoms with Crippen molar-refractivity contribution in [1.29, 1.82) is 0 Å². The molecule has 126 valence electrons. The van der Waals surface area contributed by atoms with Gasteiger partial charge in [0.15, 0.2) is 0 Å². The summed E-state index contributed by atoms with van der Waals surface area (Å²) in [6.07, 6.45) is 1.15. The number of piperazine rings is 1. The second-order valence-electron chi connectivity index (χ2n) is 5.86. The summed E-state index contributed by atoms with van der Waals surface area (Å²) in [5, 5.41) is 13.1. The highest BCUT2D eigenvalue weighted by Gasteiger charge is 2.23. The molecule has 2 N–H and O–H groups in total. The molecule has 2 heterocycles. The number of hydrogen-bond acceptors (Lipinski definition) is 4. The van der Waals surface area contributed by atoms with E-state index in [1.165, 1.54) is 0 Å². The van der Waals surface area contributed by atoms with E-state index < -0.39 is 6.10 Å². The normalized spacial score (nSPS) is 16.6. The third kappa shape index (κ3) is 4.31. The van der Waals surface area contributed by atoms with Gasteiger partial charge < -0.3 is 10.0 Å². The summed E-state index contributed by atoms with van der Waals surface area (Å²) in [4.78, 5) is 20.3. The number of aliphatic hydroxyl groups is 1. The van der Waals surface area contributed by atoms with E-state index in [-0.39, 0.29) is 6.03 Å². The monoisotopic (exact) mass is 326 g/mol. The molecule has 1 saturated heterocycles. The lowest BCUT2D eigenvalue weighted by atomic mass is 10.1. The molecule has 1 aromatic heterocycles. The smallest absolute Gasteiger partial charge is 0.323 e. The van der Waals surface area contributed by atoms with Crippen molar-refractivity contribution in [2.24, 2.45) is 0 Å². The van der Waals surface area contributed by atoms with Gasteiger partial charge in [-0.1, -0.05) is 36.4 Å². The van der Waals surface area contributed by atoms with Gasteiger partial charge in [0, 0.05) is 38.9 Å². The lowest BCUT2D eigenvalue weighted by molar-refractivity contribution is 0.0831. The summed E-state index contributed by atoms with van der Waals surface area (Å²) < 4.78 is 0. The molecule has 1 fully saturated rings. The van der Waals surface area contributed by atoms with E-state index in [9.17, 15) is 9.90 Å². The number of aliphatic hydroxyl groups excluding tert-OH is 1. The van der Waals surface area contributed by atoms with Gasteiger partial charge in [0.05, 0.1) is 6.10 Å². The zero-order valence-corrected chi connectivity index (χ0v) is 13.5. The molecule has 1 unspecified atom stereocenters. The minimum Gasteiger partial charge on any atom is -0.387 e. The molecule has 1 aromatic carbocycles. The van der Waals surface area contributed by atoms with Crippen LogP contribution in [-0.4, -0.2) is 58.6 Å². The first-order valence-corrected chi connectivity index (χ1v) is 8.15. The van der Waals surface area contributed by atoms with Crippen LogP contribution in [0.2, 0.25) is 0 Å². The summed E-state index contributed by atoms with van der Waals surface area (Å²) in [6, 6.07) is 15.0. The third-order valence-electron chi connectivity index (χ3n) is 4.17. The molecule has 2 amide bonds. The van der Waals surface area contributed by atoms with Crippen molar-refractivity contribution in [1.82, 2.24) is 14.8 Å². The van der Waals surface area contributed by atoms with Crippen molar-refractivity contribution in [2.75, 3.05) is 38.0 Å². The van der Waals surface area contributed by atoms with Gasteiger partial charge in [0.1, 0.15) is 5.82 Å². The van der Waals surface area contributed by atoms with Crippen molar-refractivity contribution in [2.45, 2.75) is 6.10 Å². The number of anilines is 1. The lowest BCUT2D eigenvalue weighted by Gasteiger charge is -2.35. The molecule has 6 heteroatoms. The summed E-state index contributed by atoms with van der Waals surface area (Å²) >= 11 is 0. The van der Waals surface area contributed by atoms with E-state index in [2.05, 4.69) is 15.2 Å². The topological polar surface area (TPSA) is 68.7 Å². The number of nitrogens with zero attached hydrogens (tertiary/aromatic N) is 3. The number of β-amino-alcohol motifs (C(OH)–C–C–N with tert-alkyl or cyclic N) is 1. The molecular weight excluding hydrogens is 304 g/mol. The van der Waals surface area contributed by atoms with E-state index in [1.807, 2.05) is 42.5 Å². The van der Waals surface area contributed by atoms with Crippen molar-refractivity contribution < 1.29 is 9.90 Å². The van der Waals surface area contributed by atoms with Gasteiger partial charge in [-0.15, -0.1) is 0 Å². The first-order valence-electron chi connectivity index (χ1n) is 8.15. The van der Waals surface area contributed by atoms with Crippen LogP contribution in [0.15, 0.2) is 54.7 Å². The number of carbonyl (C=O) groups excluding carboxylic acids is 1. The molecule has 0 spiro atoms. The molecule has 2 aromatic rings. The Morgan fingerprint density at radius 3 is 2.46 bits per heavy atom. The van der Waals surface area contributed by atoms with Crippen LogP contribution in [0.3, 0.4) is 0 Å². The van der Waals surface area contributed by atoms with Crippen LogP contribution in [0.1, 0.15) is 11.7 Å². The second kappa shape index (κ2) is 7.90. The molecule has 0 bridgehead atoms. The Labute approximate surface area is 141 Å². The highest BCUT2D eigenvalue weighted by molar-refractivity contribution is 5.88. The highest BCUT2D eigenvalue weighted by atomic mass is 16.3. The van der Waals surface area contributed by atoms with Gasteiger partial charge in [-0.3, -0.25) is 10.2 Å². The van der Waals surface area contributed by atoms with Gasteiger partial charge in [0.2, 0.25) is 0 Å².